The molecule has 0 bridgehead atoms. The van der Waals surface area contributed by atoms with Crippen LogP contribution < -0.4 is 5.32 Å². The van der Waals surface area contributed by atoms with Crippen molar-refractivity contribution in [1.29, 1.82) is 0 Å². The zero-order valence-corrected chi connectivity index (χ0v) is 11.4. The van der Waals surface area contributed by atoms with Crippen molar-refractivity contribution < 1.29 is 23.1 Å². The van der Waals surface area contributed by atoms with Crippen molar-refractivity contribution in [2.24, 2.45) is 0 Å². The van der Waals surface area contributed by atoms with E-state index in [1.165, 1.54) is 6.07 Å². The van der Waals surface area contributed by atoms with Gasteiger partial charge >= 0.3 is 5.97 Å². The summed E-state index contributed by atoms with van der Waals surface area (Å²) < 4.78 is 40.4. The van der Waals surface area contributed by atoms with E-state index in [4.69, 9.17) is 11.5 Å². The Balaban J connectivity index is 2.56. The summed E-state index contributed by atoms with van der Waals surface area (Å²) >= 11 is 0. The molecule has 0 saturated heterocycles. The van der Waals surface area contributed by atoms with Crippen LogP contribution in [0.15, 0.2) is 24.3 Å². The Kier molecular flexibility index (Phi) is 4.08. The second-order valence-electron chi connectivity index (χ2n) is 4.51. The molecule has 0 amide bonds. The monoisotopic (exact) mass is 305 g/mol. The van der Waals surface area contributed by atoms with Gasteiger partial charge in [0.1, 0.15) is 0 Å². The number of benzene rings is 2. The fourth-order valence-corrected chi connectivity index (χ4v) is 1.91. The van der Waals surface area contributed by atoms with Gasteiger partial charge in [-0.15, -0.1) is 6.42 Å². The van der Waals surface area contributed by atoms with Crippen LogP contribution in [0.1, 0.15) is 21.5 Å². The molecule has 2 N–H and O–H groups in total. The molecule has 0 saturated carbocycles. The van der Waals surface area contributed by atoms with Crippen molar-refractivity contribution in [3.8, 4) is 12.3 Å². The number of carboxylic acids is 1. The van der Waals surface area contributed by atoms with Gasteiger partial charge in [-0.05, 0) is 36.8 Å². The van der Waals surface area contributed by atoms with Gasteiger partial charge in [0, 0.05) is 11.3 Å². The third-order valence-electron chi connectivity index (χ3n) is 3.05. The SMILES string of the molecule is C#Cc1ccc(Nc2c(C(=O)O)cc(F)c(F)c2F)c(C)c1. The van der Waals surface area contributed by atoms with E-state index >= 15 is 0 Å². The van der Waals surface area contributed by atoms with Gasteiger partial charge in [-0.3, -0.25) is 0 Å². The highest BCUT2D eigenvalue weighted by Crippen LogP contribution is 2.29. The lowest BCUT2D eigenvalue weighted by molar-refractivity contribution is 0.0696. The minimum absolute atomic E-state index is 0.325. The molecule has 0 radical (unpaired) electrons. The summed E-state index contributed by atoms with van der Waals surface area (Å²) in [6, 6.07) is 5.08. The molecule has 0 aliphatic carbocycles. The zero-order valence-electron chi connectivity index (χ0n) is 11.4. The average molecular weight is 305 g/mol. The topological polar surface area (TPSA) is 49.3 Å². The number of halogens is 3. The summed E-state index contributed by atoms with van der Waals surface area (Å²) in [4.78, 5) is 11.1. The molecule has 0 heterocycles. The number of hydrogen-bond acceptors (Lipinski definition) is 2. The van der Waals surface area contributed by atoms with E-state index in [1.807, 2.05) is 0 Å². The first kappa shape index (κ1) is 15.4. The third-order valence-corrected chi connectivity index (χ3v) is 3.05. The number of rotatable bonds is 3. The van der Waals surface area contributed by atoms with E-state index in [0.29, 0.717) is 22.9 Å². The van der Waals surface area contributed by atoms with Crippen molar-refractivity contribution >= 4 is 17.3 Å². The van der Waals surface area contributed by atoms with Gasteiger partial charge in [-0.25, -0.2) is 18.0 Å². The van der Waals surface area contributed by atoms with Crippen molar-refractivity contribution in [2.75, 3.05) is 5.32 Å². The minimum atomic E-state index is -1.75. The number of anilines is 2. The van der Waals surface area contributed by atoms with E-state index in [0.717, 1.165) is 0 Å². The predicted molar refractivity (Wildman–Crippen MR) is 75.7 cm³/mol. The highest BCUT2D eigenvalue weighted by Gasteiger charge is 2.23. The van der Waals surface area contributed by atoms with Gasteiger partial charge in [0.15, 0.2) is 17.5 Å². The summed E-state index contributed by atoms with van der Waals surface area (Å²) in [5.41, 5.74) is 0.134. The van der Waals surface area contributed by atoms with E-state index < -0.39 is 34.7 Å². The Morgan fingerprint density at radius 1 is 1.23 bits per heavy atom. The van der Waals surface area contributed by atoms with Gasteiger partial charge in [0.25, 0.3) is 0 Å². The van der Waals surface area contributed by atoms with Crippen molar-refractivity contribution in [2.45, 2.75) is 6.92 Å². The lowest BCUT2D eigenvalue weighted by Gasteiger charge is -2.14. The molecule has 2 rings (SSSR count). The van der Waals surface area contributed by atoms with E-state index in [9.17, 15) is 18.0 Å². The molecule has 0 spiro atoms. The number of carbonyl (C=O) groups is 1. The first-order valence-electron chi connectivity index (χ1n) is 6.10. The first-order valence-corrected chi connectivity index (χ1v) is 6.10. The molecule has 0 aromatic heterocycles. The average Bonchev–Trinajstić information content (AvgIpc) is 2.48. The largest absolute Gasteiger partial charge is 0.478 e. The van der Waals surface area contributed by atoms with Crippen LogP contribution >= 0.6 is 0 Å². The molecule has 2 aromatic rings. The van der Waals surface area contributed by atoms with Gasteiger partial charge in [-0.1, -0.05) is 5.92 Å². The molecule has 112 valence electrons. The molecular formula is C16H10F3NO2. The fraction of sp³-hybridized carbons (Fsp3) is 0.0625. The van der Waals surface area contributed by atoms with Crippen LogP contribution in [0.5, 0.6) is 0 Å². The molecule has 0 aliphatic rings. The lowest BCUT2D eigenvalue weighted by Crippen LogP contribution is -2.09. The Morgan fingerprint density at radius 3 is 2.45 bits per heavy atom. The molecule has 22 heavy (non-hydrogen) atoms. The molecule has 0 atom stereocenters. The van der Waals surface area contributed by atoms with E-state index in [-0.39, 0.29) is 0 Å². The summed E-state index contributed by atoms with van der Waals surface area (Å²) in [6.45, 7) is 1.65. The number of nitrogens with one attached hydrogen (secondary N) is 1. The maximum Gasteiger partial charge on any atom is 0.338 e. The van der Waals surface area contributed by atoms with E-state index in [1.54, 1.807) is 19.1 Å². The zero-order chi connectivity index (χ0) is 16.4. The molecule has 0 fully saturated rings. The number of carboxylic acid groups (broad SMARTS) is 1. The summed E-state index contributed by atoms with van der Waals surface area (Å²) in [5, 5.41) is 11.5. The smallest absolute Gasteiger partial charge is 0.338 e. The van der Waals surface area contributed by atoms with Gasteiger partial charge in [0.2, 0.25) is 0 Å². The Hall–Kier alpha value is -2.94. The van der Waals surface area contributed by atoms with Crippen LogP contribution in [0.2, 0.25) is 0 Å². The predicted octanol–water partition coefficient (Wildman–Crippen LogP) is 3.84. The normalized spacial score (nSPS) is 10.1. The standard InChI is InChI=1S/C16H10F3NO2/c1-3-9-4-5-12(8(2)6-9)20-15-10(16(21)22)7-11(17)13(18)14(15)19/h1,4-7,20H,2H3,(H,21,22). The van der Waals surface area contributed by atoms with Crippen LogP contribution in [0.4, 0.5) is 24.5 Å². The highest BCUT2D eigenvalue weighted by atomic mass is 19.2. The van der Waals surface area contributed by atoms with Gasteiger partial charge in [-0.2, -0.15) is 0 Å². The van der Waals surface area contributed by atoms with Crippen LogP contribution in [0.25, 0.3) is 0 Å². The summed E-state index contributed by atoms with van der Waals surface area (Å²) in [6.07, 6.45) is 5.25. The Morgan fingerprint density at radius 2 is 1.91 bits per heavy atom. The Labute approximate surface area is 124 Å². The molecule has 2 aromatic carbocycles. The van der Waals surface area contributed by atoms with Crippen molar-refractivity contribution in [1.82, 2.24) is 0 Å². The Bertz CT molecular complexity index is 810. The molecular weight excluding hydrogens is 295 g/mol. The number of terminal acetylenes is 1. The molecule has 0 aliphatic heterocycles. The molecule has 6 heteroatoms. The van der Waals surface area contributed by atoms with Crippen molar-refractivity contribution in [3.63, 3.8) is 0 Å². The second-order valence-corrected chi connectivity index (χ2v) is 4.51. The van der Waals surface area contributed by atoms with Gasteiger partial charge < -0.3 is 10.4 Å². The number of hydrogen-bond donors (Lipinski definition) is 2. The molecule has 3 nitrogen and oxygen atoms in total. The van der Waals surface area contributed by atoms with Crippen molar-refractivity contribution in [3.05, 3.63) is 58.4 Å². The van der Waals surface area contributed by atoms with Crippen LogP contribution in [0, 0.1) is 36.7 Å². The third kappa shape index (κ3) is 2.74. The minimum Gasteiger partial charge on any atom is -0.478 e. The highest BCUT2D eigenvalue weighted by molar-refractivity contribution is 5.95. The quantitative estimate of drug-likeness (QED) is 0.669. The first-order chi connectivity index (χ1) is 10.3. The fourth-order valence-electron chi connectivity index (χ4n) is 1.91. The number of aryl methyl sites for hydroxylation is 1. The molecule has 0 unspecified atom stereocenters. The maximum absolute atomic E-state index is 13.9. The van der Waals surface area contributed by atoms with Crippen LogP contribution in [0.3, 0.4) is 0 Å². The van der Waals surface area contributed by atoms with Gasteiger partial charge in [0.05, 0.1) is 11.3 Å². The van der Waals surface area contributed by atoms with E-state index in [2.05, 4.69) is 11.2 Å². The maximum atomic E-state index is 13.9. The lowest BCUT2D eigenvalue weighted by atomic mass is 10.1. The van der Waals surface area contributed by atoms with Crippen LogP contribution in [-0.2, 0) is 0 Å². The summed E-state index contributed by atoms with van der Waals surface area (Å²) in [5.74, 6) is -4.09. The van der Waals surface area contributed by atoms with Crippen LogP contribution in [-0.4, -0.2) is 11.1 Å². The summed E-state index contributed by atoms with van der Waals surface area (Å²) in [7, 11) is 0. The second kappa shape index (κ2) is 5.82. The number of aromatic carboxylic acids is 1.